The highest BCUT2D eigenvalue weighted by atomic mass is 16.4. The van der Waals surface area contributed by atoms with Crippen molar-refractivity contribution in [2.24, 2.45) is 17.2 Å². The van der Waals surface area contributed by atoms with Gasteiger partial charge in [-0.1, -0.05) is 30.3 Å². The Bertz CT molecular complexity index is 1050. The topological polar surface area (TPSA) is 274 Å². The molecular formula is C24H34N6O9. The zero-order valence-corrected chi connectivity index (χ0v) is 21.1. The minimum Gasteiger partial charge on any atom is -0.481 e. The van der Waals surface area contributed by atoms with Gasteiger partial charge < -0.3 is 43.4 Å². The first kappa shape index (κ1) is 32.5. The Morgan fingerprint density at radius 3 is 1.67 bits per heavy atom. The lowest BCUT2D eigenvalue weighted by atomic mass is 10.0. The number of rotatable bonds is 18. The summed E-state index contributed by atoms with van der Waals surface area (Å²) in [7, 11) is 0. The van der Waals surface area contributed by atoms with Crippen LogP contribution < -0.4 is 33.2 Å². The molecule has 4 atom stereocenters. The Morgan fingerprint density at radius 2 is 1.15 bits per heavy atom. The molecule has 0 saturated heterocycles. The van der Waals surface area contributed by atoms with Crippen molar-refractivity contribution in [3.63, 3.8) is 0 Å². The van der Waals surface area contributed by atoms with Gasteiger partial charge >= 0.3 is 11.9 Å². The second-order valence-corrected chi connectivity index (χ2v) is 8.76. The Kier molecular flexibility index (Phi) is 13.6. The van der Waals surface area contributed by atoms with Crippen LogP contribution in [0.4, 0.5) is 0 Å². The Morgan fingerprint density at radius 1 is 0.667 bits per heavy atom. The largest absolute Gasteiger partial charge is 0.481 e. The van der Waals surface area contributed by atoms with Crippen LogP contribution in [0.1, 0.15) is 44.1 Å². The normalized spacial score (nSPS) is 13.7. The van der Waals surface area contributed by atoms with Gasteiger partial charge in [0.25, 0.3) is 0 Å². The maximum Gasteiger partial charge on any atom is 0.326 e. The van der Waals surface area contributed by atoms with Gasteiger partial charge in [-0.2, -0.15) is 0 Å². The van der Waals surface area contributed by atoms with Crippen molar-refractivity contribution in [1.29, 1.82) is 0 Å². The fourth-order valence-electron chi connectivity index (χ4n) is 3.39. The molecule has 0 radical (unpaired) electrons. The number of hydrogen-bond donors (Lipinski definition) is 8. The smallest absolute Gasteiger partial charge is 0.326 e. The molecule has 0 aromatic heterocycles. The molecule has 0 bridgehead atoms. The van der Waals surface area contributed by atoms with Crippen LogP contribution in [0.15, 0.2) is 30.3 Å². The molecule has 0 aliphatic heterocycles. The first-order valence-corrected chi connectivity index (χ1v) is 12.0. The molecule has 214 valence electrons. The highest BCUT2D eigenvalue weighted by Crippen LogP contribution is 2.08. The minimum absolute atomic E-state index is 0.0371. The molecule has 1 rings (SSSR count). The number of carbonyl (C=O) groups excluding carboxylic acids is 5. The van der Waals surface area contributed by atoms with Crippen molar-refractivity contribution < 1.29 is 43.8 Å². The average Bonchev–Trinajstić information content (AvgIpc) is 2.86. The number of nitrogens with two attached hydrogens (primary N) is 3. The second-order valence-electron chi connectivity index (χ2n) is 8.76. The zero-order chi connectivity index (χ0) is 29.5. The van der Waals surface area contributed by atoms with Crippen LogP contribution in [0.2, 0.25) is 0 Å². The third-order valence-electron chi connectivity index (χ3n) is 5.53. The second kappa shape index (κ2) is 16.3. The Hall–Kier alpha value is -4.53. The van der Waals surface area contributed by atoms with E-state index < -0.39 is 65.6 Å². The number of benzene rings is 1. The monoisotopic (exact) mass is 550 g/mol. The van der Waals surface area contributed by atoms with Crippen molar-refractivity contribution in [3.8, 4) is 0 Å². The molecule has 0 unspecified atom stereocenters. The molecular weight excluding hydrogens is 516 g/mol. The number of primary amides is 2. The Balaban J connectivity index is 3.12. The van der Waals surface area contributed by atoms with E-state index in [0.29, 0.717) is 5.56 Å². The van der Waals surface area contributed by atoms with Crippen LogP contribution >= 0.6 is 0 Å². The van der Waals surface area contributed by atoms with Gasteiger partial charge in [0.1, 0.15) is 18.1 Å². The first-order valence-electron chi connectivity index (χ1n) is 12.0. The molecule has 1 aromatic carbocycles. The fourth-order valence-corrected chi connectivity index (χ4v) is 3.39. The summed E-state index contributed by atoms with van der Waals surface area (Å²) < 4.78 is 0. The van der Waals surface area contributed by atoms with Gasteiger partial charge in [-0.25, -0.2) is 4.79 Å². The van der Waals surface area contributed by atoms with Crippen LogP contribution in [-0.2, 0) is 40.0 Å². The van der Waals surface area contributed by atoms with Crippen molar-refractivity contribution in [3.05, 3.63) is 35.9 Å². The van der Waals surface area contributed by atoms with Crippen molar-refractivity contribution in [2.75, 3.05) is 0 Å². The molecule has 0 aliphatic carbocycles. The number of aliphatic carboxylic acids is 2. The third kappa shape index (κ3) is 13.0. The van der Waals surface area contributed by atoms with E-state index in [1.54, 1.807) is 30.3 Å². The van der Waals surface area contributed by atoms with Gasteiger partial charge in [-0.3, -0.25) is 28.8 Å². The predicted octanol–water partition coefficient (Wildman–Crippen LogP) is -2.51. The zero-order valence-electron chi connectivity index (χ0n) is 21.1. The molecule has 39 heavy (non-hydrogen) atoms. The summed E-state index contributed by atoms with van der Waals surface area (Å²) in [6.45, 7) is 0. The summed E-state index contributed by atoms with van der Waals surface area (Å²) >= 11 is 0. The van der Waals surface area contributed by atoms with Gasteiger partial charge in [0.05, 0.1) is 6.04 Å². The summed E-state index contributed by atoms with van der Waals surface area (Å²) in [5, 5.41) is 25.3. The van der Waals surface area contributed by atoms with E-state index in [1.165, 1.54) is 0 Å². The van der Waals surface area contributed by atoms with Gasteiger partial charge in [0.15, 0.2) is 0 Å². The fraction of sp³-hybridized carbons (Fsp3) is 0.458. The maximum absolute atomic E-state index is 13.2. The molecule has 11 N–H and O–H groups in total. The van der Waals surface area contributed by atoms with E-state index >= 15 is 0 Å². The molecule has 0 aliphatic rings. The van der Waals surface area contributed by atoms with Crippen LogP contribution in [-0.4, -0.2) is 75.9 Å². The van der Waals surface area contributed by atoms with E-state index in [1.807, 2.05) is 0 Å². The first-order chi connectivity index (χ1) is 18.3. The molecule has 1 aromatic rings. The summed E-state index contributed by atoms with van der Waals surface area (Å²) in [4.78, 5) is 83.4. The average molecular weight is 551 g/mol. The summed E-state index contributed by atoms with van der Waals surface area (Å²) in [5.74, 6) is -6.80. The van der Waals surface area contributed by atoms with Crippen LogP contribution in [0.5, 0.6) is 0 Å². The molecule has 15 heteroatoms. The van der Waals surface area contributed by atoms with Crippen LogP contribution in [0.25, 0.3) is 0 Å². The van der Waals surface area contributed by atoms with E-state index in [-0.39, 0.29) is 44.9 Å². The third-order valence-corrected chi connectivity index (χ3v) is 5.53. The molecule has 0 spiro atoms. The van der Waals surface area contributed by atoms with E-state index in [0.717, 1.165) is 0 Å². The van der Waals surface area contributed by atoms with Gasteiger partial charge in [-0.15, -0.1) is 0 Å². The van der Waals surface area contributed by atoms with Gasteiger partial charge in [0.2, 0.25) is 29.5 Å². The number of carboxylic acids is 2. The van der Waals surface area contributed by atoms with Crippen molar-refractivity contribution in [2.45, 2.75) is 69.1 Å². The number of carbonyl (C=O) groups is 7. The molecule has 15 nitrogen and oxygen atoms in total. The lowest BCUT2D eigenvalue weighted by molar-refractivity contribution is -0.143. The number of amides is 5. The van der Waals surface area contributed by atoms with Gasteiger partial charge in [0, 0.05) is 25.7 Å². The van der Waals surface area contributed by atoms with Crippen LogP contribution in [0.3, 0.4) is 0 Å². The van der Waals surface area contributed by atoms with Crippen LogP contribution in [0, 0.1) is 0 Å². The lowest BCUT2D eigenvalue weighted by Gasteiger charge is -2.25. The molecule has 5 amide bonds. The van der Waals surface area contributed by atoms with E-state index in [9.17, 15) is 38.7 Å². The molecule has 0 fully saturated rings. The molecule has 0 saturated carbocycles. The lowest BCUT2D eigenvalue weighted by Crippen LogP contribution is -2.57. The highest BCUT2D eigenvalue weighted by molar-refractivity contribution is 5.94. The van der Waals surface area contributed by atoms with Gasteiger partial charge in [-0.05, 0) is 24.8 Å². The molecule has 0 heterocycles. The van der Waals surface area contributed by atoms with Crippen molar-refractivity contribution >= 4 is 41.5 Å². The number of hydrogen-bond acceptors (Lipinski definition) is 8. The summed E-state index contributed by atoms with van der Waals surface area (Å²) in [6.07, 6.45) is -1.88. The number of carboxylic acid groups (broad SMARTS) is 2. The van der Waals surface area contributed by atoms with E-state index in [4.69, 9.17) is 22.3 Å². The standard InChI is InChI=1S/C24H34N6O9/c25-14(6-11-20(33)34)21(35)30-17(12-13-4-2-1-3-5-13)23(37)28-15(7-9-18(26)31)22(36)29-16(24(38)39)8-10-19(27)32/h1-5,14-17H,6-12,25H2,(H2,26,31)(H2,27,32)(H,28,37)(H,29,36)(H,30,35)(H,33,34)(H,38,39)/t14-,15-,16-,17-/m0/s1. The maximum atomic E-state index is 13.2. The summed E-state index contributed by atoms with van der Waals surface area (Å²) in [5.41, 5.74) is 16.6. The highest BCUT2D eigenvalue weighted by Gasteiger charge is 2.31. The van der Waals surface area contributed by atoms with Crippen molar-refractivity contribution in [1.82, 2.24) is 16.0 Å². The number of nitrogens with one attached hydrogen (secondary N) is 3. The minimum atomic E-state index is -1.51. The quantitative estimate of drug-likeness (QED) is 0.0950. The SMILES string of the molecule is NC(=O)CC[C@H](NC(=O)[C@H](CCC(N)=O)NC(=O)[C@H](Cc1ccccc1)NC(=O)[C@@H](N)CCC(=O)O)C(=O)O. The van der Waals surface area contributed by atoms with E-state index in [2.05, 4.69) is 16.0 Å². The summed E-state index contributed by atoms with van der Waals surface area (Å²) in [6, 6.07) is 3.06. The predicted molar refractivity (Wildman–Crippen MR) is 135 cm³/mol. The Labute approximate surface area is 223 Å².